The van der Waals surface area contributed by atoms with Crippen LogP contribution in [0.3, 0.4) is 0 Å². The van der Waals surface area contributed by atoms with Gasteiger partial charge in [0.1, 0.15) is 5.75 Å². The Morgan fingerprint density at radius 1 is 1.35 bits per heavy atom. The highest BCUT2D eigenvalue weighted by atomic mass is 35.5. The maximum absolute atomic E-state index is 9.79. The van der Waals surface area contributed by atoms with Gasteiger partial charge >= 0.3 is 0 Å². The molecule has 4 nitrogen and oxygen atoms in total. The highest BCUT2D eigenvalue weighted by Crippen LogP contribution is 2.32. The van der Waals surface area contributed by atoms with Gasteiger partial charge in [0.15, 0.2) is 0 Å². The Labute approximate surface area is 129 Å². The minimum atomic E-state index is -0.333. The SMILES string of the molecule is CC(N)=O.Oc1cc(Cl)c(Cl)cc1CC1CCNCC1. The monoisotopic (exact) mass is 318 g/mol. The maximum atomic E-state index is 9.79. The lowest BCUT2D eigenvalue weighted by Gasteiger charge is -2.23. The van der Waals surface area contributed by atoms with E-state index in [0.717, 1.165) is 37.9 Å². The molecule has 1 fully saturated rings. The van der Waals surface area contributed by atoms with Crippen molar-refractivity contribution in [3.63, 3.8) is 0 Å². The van der Waals surface area contributed by atoms with Gasteiger partial charge in [-0.05, 0) is 49.9 Å². The molecular weight excluding hydrogens is 299 g/mol. The third-order valence-electron chi connectivity index (χ3n) is 3.09. The number of piperidine rings is 1. The number of hydrogen-bond donors (Lipinski definition) is 3. The number of carbonyl (C=O) groups is 1. The number of hydrogen-bond acceptors (Lipinski definition) is 3. The third kappa shape index (κ3) is 5.99. The predicted octanol–water partition coefficient (Wildman–Crippen LogP) is 2.73. The first-order valence-corrected chi connectivity index (χ1v) is 7.29. The molecule has 0 radical (unpaired) electrons. The zero-order valence-electron chi connectivity index (χ0n) is 11.5. The van der Waals surface area contributed by atoms with Crippen LogP contribution >= 0.6 is 23.2 Å². The summed E-state index contributed by atoms with van der Waals surface area (Å²) in [6, 6.07) is 3.31. The Kier molecular flexibility index (Phi) is 7.13. The third-order valence-corrected chi connectivity index (χ3v) is 3.81. The lowest BCUT2D eigenvalue weighted by atomic mass is 9.91. The normalized spacial score (nSPS) is 15.3. The van der Waals surface area contributed by atoms with Crippen LogP contribution in [-0.2, 0) is 11.2 Å². The van der Waals surface area contributed by atoms with Gasteiger partial charge < -0.3 is 16.2 Å². The van der Waals surface area contributed by atoms with Crippen LogP contribution in [0.5, 0.6) is 5.75 Å². The number of phenolic OH excluding ortho intramolecular Hbond substituents is 1. The molecule has 20 heavy (non-hydrogen) atoms. The Bertz CT molecular complexity index is 457. The Balaban J connectivity index is 0.000000444. The summed E-state index contributed by atoms with van der Waals surface area (Å²) in [6.07, 6.45) is 3.18. The molecule has 1 saturated heterocycles. The van der Waals surface area contributed by atoms with Crippen LogP contribution in [0, 0.1) is 5.92 Å². The Morgan fingerprint density at radius 2 is 1.85 bits per heavy atom. The minimum Gasteiger partial charge on any atom is -0.508 e. The van der Waals surface area contributed by atoms with Crippen molar-refractivity contribution in [2.24, 2.45) is 11.7 Å². The number of halogens is 2. The van der Waals surface area contributed by atoms with Crippen molar-refractivity contribution in [3.8, 4) is 5.75 Å². The lowest BCUT2D eigenvalue weighted by molar-refractivity contribution is -0.115. The van der Waals surface area contributed by atoms with Crippen molar-refractivity contribution in [2.45, 2.75) is 26.2 Å². The van der Waals surface area contributed by atoms with Crippen molar-refractivity contribution in [1.29, 1.82) is 0 Å². The molecule has 2 rings (SSSR count). The number of amides is 1. The number of primary amides is 1. The molecule has 4 N–H and O–H groups in total. The van der Waals surface area contributed by atoms with Gasteiger partial charge in [-0.1, -0.05) is 23.2 Å². The van der Waals surface area contributed by atoms with E-state index in [2.05, 4.69) is 11.1 Å². The topological polar surface area (TPSA) is 75.4 Å². The molecule has 1 aromatic carbocycles. The van der Waals surface area contributed by atoms with Crippen LogP contribution in [0.4, 0.5) is 0 Å². The van der Waals surface area contributed by atoms with Crippen LogP contribution in [-0.4, -0.2) is 24.1 Å². The van der Waals surface area contributed by atoms with Crippen molar-refractivity contribution < 1.29 is 9.90 Å². The molecule has 1 amide bonds. The van der Waals surface area contributed by atoms with E-state index >= 15 is 0 Å². The maximum Gasteiger partial charge on any atom is 0.214 e. The van der Waals surface area contributed by atoms with Crippen LogP contribution in [0.2, 0.25) is 10.0 Å². The van der Waals surface area contributed by atoms with Crippen LogP contribution in [0.15, 0.2) is 12.1 Å². The molecule has 6 heteroatoms. The number of rotatable bonds is 2. The average molecular weight is 319 g/mol. The fourth-order valence-electron chi connectivity index (χ4n) is 2.14. The highest BCUT2D eigenvalue weighted by molar-refractivity contribution is 6.42. The predicted molar refractivity (Wildman–Crippen MR) is 82.3 cm³/mol. The molecule has 0 spiro atoms. The average Bonchev–Trinajstić information content (AvgIpc) is 2.36. The van der Waals surface area contributed by atoms with Gasteiger partial charge in [0.25, 0.3) is 0 Å². The summed E-state index contributed by atoms with van der Waals surface area (Å²) in [6.45, 7) is 3.43. The molecule has 0 aromatic heterocycles. The van der Waals surface area contributed by atoms with E-state index in [0.29, 0.717) is 16.0 Å². The molecule has 1 aliphatic rings. The minimum absolute atomic E-state index is 0.257. The first-order chi connectivity index (χ1) is 9.40. The molecular formula is C14H20Cl2N2O2. The number of nitrogens with two attached hydrogens (primary N) is 1. The Hall–Kier alpha value is -0.970. The zero-order chi connectivity index (χ0) is 15.1. The van der Waals surface area contributed by atoms with Crippen molar-refractivity contribution >= 4 is 29.1 Å². The first kappa shape index (κ1) is 17.1. The second kappa shape index (κ2) is 8.35. The number of aromatic hydroxyl groups is 1. The summed E-state index contributed by atoms with van der Waals surface area (Å²) < 4.78 is 0. The summed E-state index contributed by atoms with van der Waals surface area (Å²) in [5.74, 6) is 0.553. The van der Waals surface area contributed by atoms with Gasteiger partial charge in [-0.2, -0.15) is 0 Å². The smallest absolute Gasteiger partial charge is 0.214 e. The molecule has 0 atom stereocenters. The summed E-state index contributed by atoms with van der Waals surface area (Å²) in [5, 5.41) is 14.0. The molecule has 0 bridgehead atoms. The second-order valence-corrected chi connectivity index (χ2v) is 5.72. The number of nitrogens with one attached hydrogen (secondary N) is 1. The summed E-state index contributed by atoms with van der Waals surface area (Å²) >= 11 is 11.8. The second-order valence-electron chi connectivity index (χ2n) is 4.90. The standard InChI is InChI=1S/C12H15Cl2NO.C2H5NO/c13-10-6-9(12(16)7-11(10)14)5-8-1-3-15-4-2-8;1-2(3)4/h6-8,15-16H,1-5H2;1H3,(H2,3,4). The first-order valence-electron chi connectivity index (χ1n) is 6.53. The van der Waals surface area contributed by atoms with E-state index in [1.54, 1.807) is 6.07 Å². The van der Waals surface area contributed by atoms with Crippen LogP contribution in [0.25, 0.3) is 0 Å². The number of carbonyl (C=O) groups excluding carboxylic acids is 1. The van der Waals surface area contributed by atoms with E-state index in [-0.39, 0.29) is 11.7 Å². The van der Waals surface area contributed by atoms with E-state index in [4.69, 9.17) is 23.2 Å². The molecule has 1 heterocycles. The fraction of sp³-hybridized carbons (Fsp3) is 0.500. The Morgan fingerprint density at radius 3 is 2.40 bits per heavy atom. The van der Waals surface area contributed by atoms with Gasteiger partial charge in [0.2, 0.25) is 5.91 Å². The highest BCUT2D eigenvalue weighted by Gasteiger charge is 2.16. The quantitative estimate of drug-likeness (QED) is 0.784. The van der Waals surface area contributed by atoms with Gasteiger partial charge in [0, 0.05) is 13.0 Å². The van der Waals surface area contributed by atoms with Crippen molar-refractivity contribution in [1.82, 2.24) is 5.32 Å². The lowest BCUT2D eigenvalue weighted by Crippen LogP contribution is -2.28. The van der Waals surface area contributed by atoms with E-state index in [1.165, 1.54) is 13.0 Å². The molecule has 112 valence electrons. The van der Waals surface area contributed by atoms with E-state index in [9.17, 15) is 9.90 Å². The summed E-state index contributed by atoms with van der Waals surface area (Å²) in [4.78, 5) is 9.22. The van der Waals surface area contributed by atoms with Gasteiger partial charge in [-0.3, -0.25) is 4.79 Å². The summed E-state index contributed by atoms with van der Waals surface area (Å²) in [7, 11) is 0. The van der Waals surface area contributed by atoms with E-state index in [1.807, 2.05) is 0 Å². The zero-order valence-corrected chi connectivity index (χ0v) is 13.0. The molecule has 0 saturated carbocycles. The molecule has 1 aliphatic heterocycles. The molecule has 0 aliphatic carbocycles. The van der Waals surface area contributed by atoms with Crippen LogP contribution < -0.4 is 11.1 Å². The largest absolute Gasteiger partial charge is 0.508 e. The van der Waals surface area contributed by atoms with Crippen molar-refractivity contribution in [3.05, 3.63) is 27.7 Å². The molecule has 0 unspecified atom stereocenters. The van der Waals surface area contributed by atoms with Crippen molar-refractivity contribution in [2.75, 3.05) is 13.1 Å². The van der Waals surface area contributed by atoms with E-state index < -0.39 is 0 Å². The van der Waals surface area contributed by atoms with Gasteiger partial charge in [-0.15, -0.1) is 0 Å². The van der Waals surface area contributed by atoms with Gasteiger partial charge in [-0.25, -0.2) is 0 Å². The van der Waals surface area contributed by atoms with Crippen LogP contribution in [0.1, 0.15) is 25.3 Å². The number of phenols is 1. The van der Waals surface area contributed by atoms with Gasteiger partial charge in [0.05, 0.1) is 10.0 Å². The fourth-order valence-corrected chi connectivity index (χ4v) is 2.48. The molecule has 1 aromatic rings. The number of benzene rings is 1. The summed E-state index contributed by atoms with van der Waals surface area (Å²) in [5.41, 5.74) is 5.38.